The van der Waals surface area contributed by atoms with Crippen molar-refractivity contribution in [2.24, 2.45) is 11.3 Å². The molecular weight excluding hydrogens is 447 g/mol. The molecule has 2 aromatic rings. The summed E-state index contributed by atoms with van der Waals surface area (Å²) in [4.78, 5) is 16.4. The highest BCUT2D eigenvalue weighted by atomic mass is 19.4. The van der Waals surface area contributed by atoms with Gasteiger partial charge in [0.15, 0.2) is 6.61 Å². The van der Waals surface area contributed by atoms with E-state index >= 15 is 0 Å². The summed E-state index contributed by atoms with van der Waals surface area (Å²) in [7, 11) is 0. The number of anilines is 1. The first-order valence-corrected chi connectivity index (χ1v) is 11.2. The Morgan fingerprint density at radius 2 is 1.88 bits per heavy atom. The van der Waals surface area contributed by atoms with Crippen LogP contribution >= 0.6 is 0 Å². The van der Waals surface area contributed by atoms with Crippen LogP contribution in [0.2, 0.25) is 0 Å². The third kappa shape index (κ3) is 4.82. The van der Waals surface area contributed by atoms with Crippen molar-refractivity contribution in [2.75, 3.05) is 44.3 Å². The zero-order chi connectivity index (χ0) is 24.3. The minimum Gasteiger partial charge on any atom is -0.484 e. The molecule has 4 rings (SSSR count). The van der Waals surface area contributed by atoms with Gasteiger partial charge in [0, 0.05) is 44.4 Å². The second-order valence-electron chi connectivity index (χ2n) is 8.94. The number of para-hydroxylation sites is 1. The lowest BCUT2D eigenvalue weighted by molar-refractivity contribution is -0.137. The third-order valence-electron chi connectivity index (χ3n) is 7.04. The fraction of sp³-hybridized carbons (Fsp3) is 0.440. The van der Waals surface area contributed by atoms with E-state index in [1.165, 1.54) is 6.07 Å². The summed E-state index contributed by atoms with van der Waals surface area (Å²) in [5, 5.41) is 19.0. The number of aliphatic hydroxyl groups excluding tert-OH is 1. The van der Waals surface area contributed by atoms with Crippen molar-refractivity contribution in [1.82, 2.24) is 4.90 Å². The Hall–Kier alpha value is -3.25. The number of hydrogen-bond acceptors (Lipinski definition) is 5. The predicted molar refractivity (Wildman–Crippen MR) is 119 cm³/mol. The van der Waals surface area contributed by atoms with Crippen LogP contribution < -0.4 is 9.64 Å². The summed E-state index contributed by atoms with van der Waals surface area (Å²) in [5.41, 5.74) is -1.19. The Labute approximate surface area is 196 Å². The van der Waals surface area contributed by atoms with E-state index in [2.05, 4.69) is 0 Å². The number of rotatable bonds is 5. The van der Waals surface area contributed by atoms with Gasteiger partial charge in [-0.2, -0.15) is 18.4 Å². The van der Waals surface area contributed by atoms with Crippen LogP contribution in [0.1, 0.15) is 24.0 Å². The highest BCUT2D eigenvalue weighted by molar-refractivity contribution is 5.78. The number of halogens is 3. The smallest absolute Gasteiger partial charge is 0.417 e. The largest absolute Gasteiger partial charge is 0.484 e. The zero-order valence-electron chi connectivity index (χ0n) is 18.6. The molecule has 2 saturated heterocycles. The summed E-state index contributed by atoms with van der Waals surface area (Å²) in [6.45, 7) is 1.78. The SMILES string of the molecule is N#Cc1ccc(N2CCC3(CC2)CN(C(=O)COc2ccccc2)CC3CO)cc1C(F)(F)F. The maximum atomic E-state index is 13.4. The molecule has 2 aliphatic heterocycles. The van der Waals surface area contributed by atoms with Gasteiger partial charge < -0.3 is 19.6 Å². The van der Waals surface area contributed by atoms with Gasteiger partial charge in [-0.15, -0.1) is 0 Å². The molecule has 2 aliphatic rings. The molecule has 6 nitrogen and oxygen atoms in total. The van der Waals surface area contributed by atoms with Crippen LogP contribution in [-0.2, 0) is 11.0 Å². The van der Waals surface area contributed by atoms with Gasteiger partial charge in [-0.25, -0.2) is 0 Å². The molecule has 1 atom stereocenters. The van der Waals surface area contributed by atoms with Gasteiger partial charge in [-0.1, -0.05) is 18.2 Å². The molecule has 2 heterocycles. The van der Waals surface area contributed by atoms with E-state index in [0.717, 1.165) is 6.07 Å². The Kier molecular flexibility index (Phi) is 6.71. The average molecular weight is 473 g/mol. The van der Waals surface area contributed by atoms with Gasteiger partial charge in [0.25, 0.3) is 5.91 Å². The van der Waals surface area contributed by atoms with E-state index in [1.54, 1.807) is 29.2 Å². The van der Waals surface area contributed by atoms with E-state index in [4.69, 9.17) is 10.00 Å². The Bertz CT molecular complexity index is 1060. The third-order valence-corrected chi connectivity index (χ3v) is 7.04. The first-order chi connectivity index (χ1) is 16.3. The van der Waals surface area contributed by atoms with E-state index in [-0.39, 0.29) is 30.5 Å². The first kappa shape index (κ1) is 23.9. The number of hydrogen-bond donors (Lipinski definition) is 1. The van der Waals surface area contributed by atoms with Gasteiger partial charge in [0.05, 0.1) is 17.2 Å². The second kappa shape index (κ2) is 9.55. The molecule has 0 radical (unpaired) electrons. The van der Waals surface area contributed by atoms with Crippen molar-refractivity contribution in [3.63, 3.8) is 0 Å². The lowest BCUT2D eigenvalue weighted by atomic mass is 9.71. The molecule has 34 heavy (non-hydrogen) atoms. The van der Waals surface area contributed by atoms with Gasteiger partial charge in [-0.05, 0) is 48.6 Å². The molecule has 180 valence electrons. The molecule has 1 spiro atoms. The summed E-state index contributed by atoms with van der Waals surface area (Å²) in [6.07, 6.45) is -3.32. The number of carbonyl (C=O) groups excluding carboxylic acids is 1. The minimum absolute atomic E-state index is 0.0571. The molecule has 0 bridgehead atoms. The number of alkyl halides is 3. The lowest BCUT2D eigenvalue weighted by Crippen LogP contribution is -2.45. The second-order valence-corrected chi connectivity index (χ2v) is 8.94. The fourth-order valence-electron chi connectivity index (χ4n) is 5.07. The first-order valence-electron chi connectivity index (χ1n) is 11.2. The number of likely N-dealkylation sites (tertiary alicyclic amines) is 1. The maximum Gasteiger partial charge on any atom is 0.417 e. The number of carbonyl (C=O) groups is 1. The summed E-state index contributed by atoms with van der Waals surface area (Å²) in [6, 6.07) is 14.5. The van der Waals surface area contributed by atoms with Gasteiger partial charge in [0.2, 0.25) is 0 Å². The van der Waals surface area contributed by atoms with Gasteiger partial charge in [0.1, 0.15) is 5.75 Å². The van der Waals surface area contributed by atoms with Crippen LogP contribution in [0.15, 0.2) is 48.5 Å². The molecule has 1 N–H and O–H groups in total. The number of ether oxygens (including phenoxy) is 1. The molecule has 2 fully saturated rings. The topological polar surface area (TPSA) is 76.8 Å². The van der Waals surface area contributed by atoms with Crippen molar-refractivity contribution in [3.05, 3.63) is 59.7 Å². The standard InChI is InChI=1S/C25H26F3N3O3/c26-25(27,28)22-12-20(7-6-18(22)13-29)30-10-8-24(9-11-30)17-31(14-19(24)15-32)23(33)16-34-21-4-2-1-3-5-21/h1-7,12,19,32H,8-11,14-17H2. The number of nitrogens with zero attached hydrogens (tertiary/aromatic N) is 3. The van der Waals surface area contributed by atoms with Crippen LogP contribution in [-0.4, -0.2) is 55.3 Å². The summed E-state index contributed by atoms with van der Waals surface area (Å²) >= 11 is 0. The predicted octanol–water partition coefficient (Wildman–Crippen LogP) is 3.69. The van der Waals surface area contributed by atoms with Crippen LogP contribution in [0.5, 0.6) is 5.75 Å². The van der Waals surface area contributed by atoms with E-state index in [1.807, 2.05) is 23.1 Å². The normalized spacial score (nSPS) is 19.8. The number of amides is 1. The van der Waals surface area contributed by atoms with Crippen LogP contribution in [0.4, 0.5) is 18.9 Å². The summed E-state index contributed by atoms with van der Waals surface area (Å²) in [5.74, 6) is 0.364. The lowest BCUT2D eigenvalue weighted by Gasteiger charge is -2.43. The molecule has 0 saturated carbocycles. The van der Waals surface area contributed by atoms with Crippen molar-refractivity contribution in [3.8, 4) is 11.8 Å². The number of nitriles is 1. The molecule has 1 unspecified atom stereocenters. The average Bonchev–Trinajstić information content (AvgIpc) is 3.20. The number of benzene rings is 2. The Morgan fingerprint density at radius 1 is 1.18 bits per heavy atom. The molecule has 9 heteroatoms. The molecule has 2 aromatic carbocycles. The monoisotopic (exact) mass is 473 g/mol. The van der Waals surface area contributed by atoms with Crippen molar-refractivity contribution >= 4 is 11.6 Å². The van der Waals surface area contributed by atoms with E-state index in [0.29, 0.717) is 50.5 Å². The van der Waals surface area contributed by atoms with E-state index < -0.39 is 17.3 Å². The Morgan fingerprint density at radius 3 is 2.50 bits per heavy atom. The summed E-state index contributed by atoms with van der Waals surface area (Å²) < 4.78 is 45.7. The minimum atomic E-state index is -4.60. The molecular formula is C25H26F3N3O3. The van der Waals surface area contributed by atoms with Crippen molar-refractivity contribution in [2.45, 2.75) is 19.0 Å². The quantitative estimate of drug-likeness (QED) is 0.717. The number of piperidine rings is 1. The highest BCUT2D eigenvalue weighted by Gasteiger charge is 2.49. The highest BCUT2D eigenvalue weighted by Crippen LogP contribution is 2.45. The zero-order valence-corrected chi connectivity index (χ0v) is 18.6. The molecule has 0 aliphatic carbocycles. The number of aliphatic hydroxyl groups is 1. The van der Waals surface area contributed by atoms with Crippen LogP contribution in [0.3, 0.4) is 0 Å². The van der Waals surface area contributed by atoms with E-state index in [9.17, 15) is 23.1 Å². The van der Waals surface area contributed by atoms with Gasteiger partial charge in [-0.3, -0.25) is 4.79 Å². The van der Waals surface area contributed by atoms with Crippen LogP contribution in [0.25, 0.3) is 0 Å². The maximum absolute atomic E-state index is 13.4. The Balaban J connectivity index is 1.42. The van der Waals surface area contributed by atoms with Crippen molar-refractivity contribution in [1.29, 1.82) is 5.26 Å². The molecule has 0 aromatic heterocycles. The molecule has 1 amide bonds. The van der Waals surface area contributed by atoms with Crippen molar-refractivity contribution < 1.29 is 27.8 Å². The van der Waals surface area contributed by atoms with Crippen LogP contribution in [0, 0.1) is 22.7 Å². The fourth-order valence-corrected chi connectivity index (χ4v) is 5.07. The van der Waals surface area contributed by atoms with Gasteiger partial charge >= 0.3 is 6.18 Å².